The van der Waals surface area contributed by atoms with Crippen molar-refractivity contribution in [2.45, 2.75) is 45.8 Å². The van der Waals surface area contributed by atoms with Crippen LogP contribution in [0.1, 0.15) is 34.1 Å². The van der Waals surface area contributed by atoms with E-state index in [0.717, 1.165) is 6.42 Å². The van der Waals surface area contributed by atoms with Crippen molar-refractivity contribution in [1.29, 1.82) is 0 Å². The molecule has 6 atom stereocenters. The molecule has 5 unspecified atom stereocenters. The van der Waals surface area contributed by atoms with Gasteiger partial charge in [0.2, 0.25) is 0 Å². The van der Waals surface area contributed by atoms with Crippen LogP contribution in [-0.2, 0) is 19.1 Å². The fourth-order valence-corrected chi connectivity index (χ4v) is 4.07. The molecule has 3 rings (SSSR count). The van der Waals surface area contributed by atoms with Gasteiger partial charge in [-0.2, -0.15) is 0 Å². The van der Waals surface area contributed by atoms with Gasteiger partial charge in [0.1, 0.15) is 11.7 Å². The van der Waals surface area contributed by atoms with Gasteiger partial charge in [-0.1, -0.05) is 6.92 Å². The zero-order valence-corrected chi connectivity index (χ0v) is 11.3. The summed E-state index contributed by atoms with van der Waals surface area (Å²) < 4.78 is 10.9. The van der Waals surface area contributed by atoms with E-state index in [1.165, 1.54) is 0 Å². The highest BCUT2D eigenvalue weighted by atomic mass is 16.6. The summed E-state index contributed by atoms with van der Waals surface area (Å²) in [5, 5.41) is 0. The first-order valence-electron chi connectivity index (χ1n) is 6.73. The number of esters is 2. The zero-order chi connectivity index (χ0) is 13.2. The lowest BCUT2D eigenvalue weighted by Gasteiger charge is -2.30. The molecule has 4 nitrogen and oxygen atoms in total. The molecule has 2 bridgehead atoms. The molecule has 2 aliphatic carbocycles. The molecule has 0 N–H and O–H groups in total. The highest BCUT2D eigenvalue weighted by molar-refractivity contribution is 5.86. The summed E-state index contributed by atoms with van der Waals surface area (Å²) in [5.74, 6) is -0.144. The normalized spacial score (nSPS) is 45.2. The molecule has 0 radical (unpaired) electrons. The third kappa shape index (κ3) is 1.50. The highest BCUT2D eigenvalue weighted by Crippen LogP contribution is 2.60. The topological polar surface area (TPSA) is 52.6 Å². The van der Waals surface area contributed by atoms with E-state index in [-0.39, 0.29) is 47.6 Å². The maximum Gasteiger partial charge on any atom is 0.310 e. The molecule has 0 spiro atoms. The van der Waals surface area contributed by atoms with Gasteiger partial charge in [-0.3, -0.25) is 9.59 Å². The van der Waals surface area contributed by atoms with Crippen LogP contribution in [0.3, 0.4) is 0 Å². The lowest BCUT2D eigenvalue weighted by molar-refractivity contribution is -0.165. The maximum atomic E-state index is 12.3. The predicted molar refractivity (Wildman–Crippen MR) is 63.5 cm³/mol. The number of hydrogen-bond donors (Lipinski definition) is 0. The maximum absolute atomic E-state index is 12.3. The Bertz CT molecular complexity index is 409. The van der Waals surface area contributed by atoms with E-state index in [9.17, 15) is 9.59 Å². The third-order valence-electron chi connectivity index (χ3n) is 4.67. The smallest absolute Gasteiger partial charge is 0.310 e. The van der Waals surface area contributed by atoms with Crippen molar-refractivity contribution in [2.24, 2.45) is 29.6 Å². The summed E-state index contributed by atoms with van der Waals surface area (Å²) in [6.45, 7) is 7.66. The summed E-state index contributed by atoms with van der Waals surface area (Å²) in [7, 11) is 0. The molecule has 0 aromatic heterocycles. The SMILES string of the molecule is C[C@@H]1C2CC3C(C(=O)OC31)C2C(=O)OC(C)(C)C. The van der Waals surface area contributed by atoms with Crippen molar-refractivity contribution >= 4 is 11.9 Å². The van der Waals surface area contributed by atoms with E-state index in [2.05, 4.69) is 6.92 Å². The van der Waals surface area contributed by atoms with E-state index in [1.807, 2.05) is 20.8 Å². The minimum absolute atomic E-state index is 0.0474. The quantitative estimate of drug-likeness (QED) is 0.667. The standard InChI is InChI=1S/C14H20O4/c1-6-7-5-8-10(12(15)17-11(6)8)9(7)13(16)18-14(2,3)4/h6-11H,5H2,1-4H3/t6-,7?,8?,9?,10?,11?/m1/s1. The fraction of sp³-hybridized carbons (Fsp3) is 0.857. The lowest BCUT2D eigenvalue weighted by Crippen LogP contribution is -2.40. The minimum Gasteiger partial charge on any atom is -0.462 e. The number of hydrogen-bond acceptors (Lipinski definition) is 4. The first kappa shape index (κ1) is 12.0. The van der Waals surface area contributed by atoms with Crippen molar-refractivity contribution in [3.8, 4) is 0 Å². The first-order chi connectivity index (χ1) is 8.29. The molecule has 3 aliphatic rings. The van der Waals surface area contributed by atoms with E-state index in [1.54, 1.807) is 0 Å². The summed E-state index contributed by atoms with van der Waals surface area (Å²) in [6.07, 6.45) is 0.984. The highest BCUT2D eigenvalue weighted by Gasteiger charge is 2.67. The Balaban J connectivity index is 1.85. The summed E-state index contributed by atoms with van der Waals surface area (Å²) in [4.78, 5) is 24.2. The molecule has 1 saturated heterocycles. The summed E-state index contributed by atoms with van der Waals surface area (Å²) >= 11 is 0. The van der Waals surface area contributed by atoms with Gasteiger partial charge in [-0.25, -0.2) is 0 Å². The zero-order valence-electron chi connectivity index (χ0n) is 11.3. The van der Waals surface area contributed by atoms with Crippen LogP contribution in [0.4, 0.5) is 0 Å². The van der Waals surface area contributed by atoms with Gasteiger partial charge in [-0.05, 0) is 39.0 Å². The van der Waals surface area contributed by atoms with Crippen LogP contribution >= 0.6 is 0 Å². The number of ether oxygens (including phenoxy) is 2. The van der Waals surface area contributed by atoms with Crippen molar-refractivity contribution in [3.63, 3.8) is 0 Å². The largest absolute Gasteiger partial charge is 0.462 e. The van der Waals surface area contributed by atoms with Crippen LogP contribution in [-0.4, -0.2) is 23.6 Å². The van der Waals surface area contributed by atoms with E-state index in [4.69, 9.17) is 9.47 Å². The van der Waals surface area contributed by atoms with E-state index in [0.29, 0.717) is 0 Å². The van der Waals surface area contributed by atoms with Crippen LogP contribution in [0.5, 0.6) is 0 Å². The minimum atomic E-state index is -0.496. The van der Waals surface area contributed by atoms with Crippen LogP contribution in [0.25, 0.3) is 0 Å². The molecule has 2 saturated carbocycles. The van der Waals surface area contributed by atoms with Gasteiger partial charge in [0, 0.05) is 5.92 Å². The number of carbonyl (C=O) groups is 2. The Labute approximate surface area is 107 Å². The van der Waals surface area contributed by atoms with Gasteiger partial charge in [0.15, 0.2) is 0 Å². The number of carbonyl (C=O) groups excluding carboxylic acids is 2. The molecule has 0 aromatic carbocycles. The average molecular weight is 252 g/mol. The van der Waals surface area contributed by atoms with E-state index >= 15 is 0 Å². The Kier molecular flexibility index (Phi) is 2.32. The van der Waals surface area contributed by atoms with Crippen molar-refractivity contribution < 1.29 is 19.1 Å². The van der Waals surface area contributed by atoms with Crippen molar-refractivity contribution in [2.75, 3.05) is 0 Å². The fourth-order valence-electron chi connectivity index (χ4n) is 4.07. The van der Waals surface area contributed by atoms with Gasteiger partial charge < -0.3 is 9.47 Å². The predicted octanol–water partition coefficient (Wildman–Crippen LogP) is 1.77. The van der Waals surface area contributed by atoms with Crippen LogP contribution in [0.2, 0.25) is 0 Å². The van der Waals surface area contributed by atoms with Gasteiger partial charge in [-0.15, -0.1) is 0 Å². The second-order valence-corrected chi connectivity index (χ2v) is 6.91. The van der Waals surface area contributed by atoms with Crippen LogP contribution in [0.15, 0.2) is 0 Å². The molecule has 4 heteroatoms. The molecule has 1 aliphatic heterocycles. The van der Waals surface area contributed by atoms with Crippen LogP contribution < -0.4 is 0 Å². The Morgan fingerprint density at radius 3 is 2.61 bits per heavy atom. The van der Waals surface area contributed by atoms with Crippen LogP contribution in [0, 0.1) is 29.6 Å². The van der Waals surface area contributed by atoms with Crippen molar-refractivity contribution in [3.05, 3.63) is 0 Å². The Morgan fingerprint density at radius 1 is 1.33 bits per heavy atom. The molecule has 0 aromatic rings. The second kappa shape index (κ2) is 3.49. The average Bonchev–Trinajstić information content (AvgIpc) is 2.78. The lowest BCUT2D eigenvalue weighted by atomic mass is 9.75. The van der Waals surface area contributed by atoms with Gasteiger partial charge in [0.05, 0.1) is 11.8 Å². The molecular weight excluding hydrogens is 232 g/mol. The molecule has 18 heavy (non-hydrogen) atoms. The van der Waals surface area contributed by atoms with E-state index < -0.39 is 5.60 Å². The summed E-state index contributed by atoms with van der Waals surface area (Å²) in [6, 6.07) is 0. The summed E-state index contributed by atoms with van der Waals surface area (Å²) in [5.41, 5.74) is -0.496. The Hall–Kier alpha value is -1.06. The molecular formula is C14H20O4. The van der Waals surface area contributed by atoms with Gasteiger partial charge in [0.25, 0.3) is 0 Å². The second-order valence-electron chi connectivity index (χ2n) is 6.91. The molecule has 3 fully saturated rings. The van der Waals surface area contributed by atoms with Gasteiger partial charge >= 0.3 is 11.9 Å². The Morgan fingerprint density at radius 2 is 2.00 bits per heavy atom. The molecule has 0 amide bonds. The number of fused-ring (bicyclic) bond motifs is 1. The first-order valence-corrected chi connectivity index (χ1v) is 6.73. The number of rotatable bonds is 1. The third-order valence-corrected chi connectivity index (χ3v) is 4.67. The van der Waals surface area contributed by atoms with Crippen molar-refractivity contribution in [1.82, 2.24) is 0 Å². The molecule has 1 heterocycles. The molecule has 100 valence electrons. The monoisotopic (exact) mass is 252 g/mol.